The molecule has 0 saturated carbocycles. The minimum absolute atomic E-state index is 0.0134. The molecule has 29 heavy (non-hydrogen) atoms. The molecule has 1 amide bonds. The Balaban J connectivity index is 1.55. The number of hydrogen-bond acceptors (Lipinski definition) is 5. The second-order valence-electron chi connectivity index (χ2n) is 7.88. The predicted molar refractivity (Wildman–Crippen MR) is 110 cm³/mol. The highest BCUT2D eigenvalue weighted by molar-refractivity contribution is 5.77. The lowest BCUT2D eigenvalue weighted by atomic mass is 9.78. The minimum Gasteiger partial charge on any atom is -0.372 e. The Hall–Kier alpha value is -2.51. The summed E-state index contributed by atoms with van der Waals surface area (Å²) in [6.45, 7) is 5.47. The fourth-order valence-electron chi connectivity index (χ4n) is 4.71. The van der Waals surface area contributed by atoms with Gasteiger partial charge in [-0.25, -0.2) is 0 Å². The van der Waals surface area contributed by atoms with Gasteiger partial charge in [-0.1, -0.05) is 12.1 Å². The molecule has 1 saturated heterocycles. The number of amides is 1. The molecule has 1 fully saturated rings. The number of piperidine rings is 1. The molecule has 0 unspecified atom stereocenters. The van der Waals surface area contributed by atoms with E-state index in [0.717, 1.165) is 37.4 Å². The third-order valence-electron chi connectivity index (χ3n) is 5.93. The van der Waals surface area contributed by atoms with Gasteiger partial charge in [0.25, 0.3) is 5.56 Å². The van der Waals surface area contributed by atoms with Gasteiger partial charge in [0, 0.05) is 56.7 Å². The number of rotatable bonds is 7. The van der Waals surface area contributed by atoms with Gasteiger partial charge < -0.3 is 14.6 Å². The Bertz CT molecular complexity index is 898. The molecule has 0 radical (unpaired) electrons. The number of aromatic nitrogens is 2. The normalized spacial score (nSPS) is 23.4. The fourth-order valence-corrected chi connectivity index (χ4v) is 4.71. The van der Waals surface area contributed by atoms with Crippen molar-refractivity contribution in [2.75, 3.05) is 32.8 Å². The molecule has 2 aromatic heterocycles. The number of ether oxygens (including phenoxy) is 1. The molecule has 0 spiro atoms. The van der Waals surface area contributed by atoms with E-state index in [1.807, 2.05) is 42.0 Å². The van der Waals surface area contributed by atoms with Crippen LogP contribution in [0.2, 0.25) is 0 Å². The monoisotopic (exact) mass is 396 g/mol. The van der Waals surface area contributed by atoms with E-state index in [0.29, 0.717) is 25.0 Å². The first kappa shape index (κ1) is 19.8. The van der Waals surface area contributed by atoms with Gasteiger partial charge in [-0.2, -0.15) is 0 Å². The summed E-state index contributed by atoms with van der Waals surface area (Å²) >= 11 is 0. The van der Waals surface area contributed by atoms with E-state index >= 15 is 0 Å². The standard InChI is InChI=1S/C22H28N4O3/c1-2-29-15-21(27)24-11-20-17-10-16(19-7-5-8-22(28)26(19)20)12-25(13-17)14-18-6-3-4-9-23-18/h3-9,16-17,20H,2,10-15H2,1H3,(H,24,27)/t16-,17+,20+/m1/s1. The zero-order valence-corrected chi connectivity index (χ0v) is 16.8. The third-order valence-corrected chi connectivity index (χ3v) is 5.93. The smallest absolute Gasteiger partial charge is 0.251 e. The molecule has 7 heteroatoms. The molecule has 7 nitrogen and oxygen atoms in total. The minimum atomic E-state index is -0.138. The third kappa shape index (κ3) is 4.41. The summed E-state index contributed by atoms with van der Waals surface area (Å²) in [5, 5.41) is 2.97. The molecular formula is C22H28N4O3. The van der Waals surface area contributed by atoms with Gasteiger partial charge >= 0.3 is 0 Å². The van der Waals surface area contributed by atoms with Crippen LogP contribution < -0.4 is 10.9 Å². The fraction of sp³-hybridized carbons (Fsp3) is 0.500. The lowest BCUT2D eigenvalue weighted by Gasteiger charge is -2.47. The van der Waals surface area contributed by atoms with Crippen LogP contribution >= 0.6 is 0 Å². The summed E-state index contributed by atoms with van der Waals surface area (Å²) in [5.74, 6) is 0.486. The molecule has 3 atom stereocenters. The maximum atomic E-state index is 12.7. The summed E-state index contributed by atoms with van der Waals surface area (Å²) in [7, 11) is 0. The Morgan fingerprint density at radius 3 is 2.93 bits per heavy atom. The quantitative estimate of drug-likeness (QED) is 0.769. The lowest BCUT2D eigenvalue weighted by Crippen LogP contribution is -2.52. The van der Waals surface area contributed by atoms with Gasteiger partial charge in [0.1, 0.15) is 6.61 Å². The highest BCUT2D eigenvalue weighted by Crippen LogP contribution is 2.41. The van der Waals surface area contributed by atoms with Crippen LogP contribution in [-0.4, -0.2) is 53.2 Å². The SMILES string of the molecule is CCOCC(=O)NC[C@H]1[C@H]2C[C@H](CN(Cc3ccccn3)C2)c2cccc(=O)n21. The number of fused-ring (bicyclic) bond motifs is 4. The van der Waals surface area contributed by atoms with Gasteiger partial charge in [0.2, 0.25) is 5.91 Å². The van der Waals surface area contributed by atoms with Gasteiger partial charge in [-0.05, 0) is 37.5 Å². The van der Waals surface area contributed by atoms with E-state index in [-0.39, 0.29) is 24.1 Å². The summed E-state index contributed by atoms with van der Waals surface area (Å²) < 4.78 is 7.11. The summed E-state index contributed by atoms with van der Waals surface area (Å²) in [5.41, 5.74) is 2.14. The van der Waals surface area contributed by atoms with E-state index in [1.54, 1.807) is 6.07 Å². The summed E-state index contributed by atoms with van der Waals surface area (Å²) in [4.78, 5) is 31.7. The van der Waals surface area contributed by atoms with Crippen LogP contribution in [0, 0.1) is 5.92 Å². The predicted octanol–water partition coefficient (Wildman–Crippen LogP) is 1.56. The van der Waals surface area contributed by atoms with Crippen LogP contribution in [0.4, 0.5) is 0 Å². The molecule has 0 aliphatic carbocycles. The van der Waals surface area contributed by atoms with Crippen LogP contribution in [0.3, 0.4) is 0 Å². The molecule has 4 heterocycles. The maximum Gasteiger partial charge on any atom is 0.251 e. The first-order chi connectivity index (χ1) is 14.2. The largest absolute Gasteiger partial charge is 0.372 e. The van der Waals surface area contributed by atoms with Crippen LogP contribution in [0.5, 0.6) is 0 Å². The van der Waals surface area contributed by atoms with Crippen LogP contribution in [0.1, 0.15) is 36.7 Å². The number of carbonyl (C=O) groups is 1. The Kier molecular flexibility index (Phi) is 6.06. The van der Waals surface area contributed by atoms with Crippen molar-refractivity contribution >= 4 is 5.91 Å². The number of likely N-dealkylation sites (tertiary alicyclic amines) is 1. The van der Waals surface area contributed by atoms with E-state index < -0.39 is 0 Å². The van der Waals surface area contributed by atoms with Gasteiger partial charge in [0.05, 0.1) is 11.7 Å². The summed E-state index contributed by atoms with van der Waals surface area (Å²) in [6.07, 6.45) is 2.86. The molecular weight excluding hydrogens is 368 g/mol. The first-order valence-electron chi connectivity index (χ1n) is 10.3. The Morgan fingerprint density at radius 1 is 1.24 bits per heavy atom. The number of hydrogen-bond donors (Lipinski definition) is 1. The molecule has 2 aliphatic rings. The topological polar surface area (TPSA) is 76.5 Å². The molecule has 2 aromatic rings. The number of nitrogens with zero attached hydrogens (tertiary/aromatic N) is 3. The van der Waals surface area contributed by atoms with Crippen molar-refractivity contribution in [3.63, 3.8) is 0 Å². The molecule has 2 aliphatic heterocycles. The molecule has 2 bridgehead atoms. The average Bonchev–Trinajstić information content (AvgIpc) is 2.73. The molecule has 1 N–H and O–H groups in total. The number of carbonyl (C=O) groups excluding carboxylic acids is 1. The first-order valence-corrected chi connectivity index (χ1v) is 10.3. The van der Waals surface area contributed by atoms with Crippen molar-refractivity contribution in [3.8, 4) is 0 Å². The zero-order valence-electron chi connectivity index (χ0n) is 16.8. The van der Waals surface area contributed by atoms with E-state index in [1.165, 1.54) is 0 Å². The molecule has 4 rings (SSSR count). The van der Waals surface area contributed by atoms with Gasteiger partial charge in [-0.15, -0.1) is 0 Å². The van der Waals surface area contributed by atoms with Crippen molar-refractivity contribution in [2.45, 2.75) is 31.8 Å². The van der Waals surface area contributed by atoms with Crippen LogP contribution in [-0.2, 0) is 16.1 Å². The zero-order chi connectivity index (χ0) is 20.2. The van der Waals surface area contributed by atoms with Crippen molar-refractivity contribution in [3.05, 3.63) is 64.3 Å². The van der Waals surface area contributed by atoms with E-state index in [4.69, 9.17) is 4.74 Å². The second-order valence-corrected chi connectivity index (χ2v) is 7.88. The molecule has 154 valence electrons. The second kappa shape index (κ2) is 8.88. The van der Waals surface area contributed by atoms with Gasteiger partial charge in [-0.3, -0.25) is 19.5 Å². The van der Waals surface area contributed by atoms with E-state index in [2.05, 4.69) is 21.3 Å². The van der Waals surface area contributed by atoms with Crippen molar-refractivity contribution in [1.82, 2.24) is 19.8 Å². The summed E-state index contributed by atoms with van der Waals surface area (Å²) in [6, 6.07) is 11.5. The maximum absolute atomic E-state index is 12.7. The Labute approximate surface area is 170 Å². The van der Waals surface area contributed by atoms with E-state index in [9.17, 15) is 9.59 Å². The highest BCUT2D eigenvalue weighted by Gasteiger charge is 2.40. The van der Waals surface area contributed by atoms with Crippen LogP contribution in [0.25, 0.3) is 0 Å². The van der Waals surface area contributed by atoms with Crippen molar-refractivity contribution < 1.29 is 9.53 Å². The van der Waals surface area contributed by atoms with Crippen molar-refractivity contribution in [1.29, 1.82) is 0 Å². The Morgan fingerprint density at radius 2 is 2.14 bits per heavy atom. The molecule has 0 aromatic carbocycles. The van der Waals surface area contributed by atoms with Crippen molar-refractivity contribution in [2.24, 2.45) is 5.92 Å². The highest BCUT2D eigenvalue weighted by atomic mass is 16.5. The number of pyridine rings is 2. The van der Waals surface area contributed by atoms with Crippen LogP contribution in [0.15, 0.2) is 47.4 Å². The van der Waals surface area contributed by atoms with Gasteiger partial charge in [0.15, 0.2) is 0 Å². The average molecular weight is 396 g/mol. The lowest BCUT2D eigenvalue weighted by molar-refractivity contribution is -0.125. The number of nitrogens with one attached hydrogen (secondary N) is 1.